The lowest BCUT2D eigenvalue weighted by Gasteiger charge is -2.22. The molecule has 2 rings (SSSR count). The molecule has 0 bridgehead atoms. The van der Waals surface area contributed by atoms with Gasteiger partial charge in [-0.3, -0.25) is 4.79 Å². The van der Waals surface area contributed by atoms with Crippen LogP contribution in [-0.2, 0) is 11.3 Å². The van der Waals surface area contributed by atoms with Crippen LogP contribution in [0.4, 0.5) is 5.69 Å². The van der Waals surface area contributed by atoms with Crippen LogP contribution in [0.2, 0.25) is 0 Å². The van der Waals surface area contributed by atoms with Crippen molar-refractivity contribution in [2.75, 3.05) is 11.5 Å². The van der Waals surface area contributed by atoms with Gasteiger partial charge in [-0.1, -0.05) is 48.5 Å². The van der Waals surface area contributed by atoms with E-state index in [2.05, 4.69) is 0 Å². The Hall–Kier alpha value is -2.13. The lowest BCUT2D eigenvalue weighted by atomic mass is 10.2. The Morgan fingerprint density at radius 2 is 1.50 bits per heavy atom. The monoisotopic (exact) mass is 241 g/mol. The molecule has 0 radical (unpaired) electrons. The Kier molecular flexibility index (Phi) is 4.10. The van der Waals surface area contributed by atoms with Crippen molar-refractivity contribution in [3.63, 3.8) is 0 Å². The molecule has 0 aliphatic carbocycles. The van der Waals surface area contributed by atoms with Gasteiger partial charge >= 0.3 is 0 Å². The molecule has 3 nitrogen and oxygen atoms in total. The highest BCUT2D eigenvalue weighted by molar-refractivity contribution is 5.93. The Bertz CT molecular complexity index is 496. The van der Waals surface area contributed by atoms with E-state index in [1.54, 1.807) is 4.90 Å². The van der Waals surface area contributed by atoms with Gasteiger partial charge in [0.15, 0.2) is 0 Å². The van der Waals surface area contributed by atoms with Crippen LogP contribution in [-0.4, -0.2) is 17.6 Å². The highest BCUT2D eigenvalue weighted by Crippen LogP contribution is 2.16. The summed E-state index contributed by atoms with van der Waals surface area (Å²) < 4.78 is 0. The fourth-order valence-corrected chi connectivity index (χ4v) is 1.78. The molecule has 0 heterocycles. The minimum Gasteiger partial charge on any atom is -0.387 e. The van der Waals surface area contributed by atoms with E-state index in [4.69, 9.17) is 5.11 Å². The lowest BCUT2D eigenvalue weighted by Crippen LogP contribution is -2.32. The Balaban J connectivity index is 2.24. The lowest BCUT2D eigenvalue weighted by molar-refractivity contribution is -0.121. The van der Waals surface area contributed by atoms with Gasteiger partial charge in [0.1, 0.15) is 6.61 Å². The van der Waals surface area contributed by atoms with E-state index in [1.807, 2.05) is 60.7 Å². The van der Waals surface area contributed by atoms with Crippen LogP contribution in [0.15, 0.2) is 60.7 Å². The van der Waals surface area contributed by atoms with Crippen molar-refractivity contribution >= 4 is 11.6 Å². The molecule has 0 aliphatic rings. The average Bonchev–Trinajstić information content (AvgIpc) is 2.46. The van der Waals surface area contributed by atoms with E-state index < -0.39 is 6.61 Å². The van der Waals surface area contributed by atoms with Crippen LogP contribution in [0.1, 0.15) is 5.56 Å². The summed E-state index contributed by atoms with van der Waals surface area (Å²) in [7, 11) is 0. The van der Waals surface area contributed by atoms with E-state index in [1.165, 1.54) is 0 Å². The molecule has 0 atom stereocenters. The normalized spacial score (nSPS) is 10.1. The van der Waals surface area contributed by atoms with Crippen molar-refractivity contribution < 1.29 is 9.90 Å². The zero-order valence-corrected chi connectivity index (χ0v) is 9.99. The molecule has 3 heteroatoms. The third-order valence-corrected chi connectivity index (χ3v) is 2.69. The number of aliphatic hydroxyl groups excluding tert-OH is 1. The number of amides is 1. The van der Waals surface area contributed by atoms with E-state index in [9.17, 15) is 4.79 Å². The van der Waals surface area contributed by atoms with E-state index in [-0.39, 0.29) is 5.91 Å². The van der Waals surface area contributed by atoms with Crippen molar-refractivity contribution in [1.82, 2.24) is 0 Å². The first-order chi connectivity index (χ1) is 8.81. The first-order valence-corrected chi connectivity index (χ1v) is 5.81. The molecule has 0 aliphatic heterocycles. The van der Waals surface area contributed by atoms with Gasteiger partial charge in [-0.05, 0) is 17.7 Å². The van der Waals surface area contributed by atoms with E-state index >= 15 is 0 Å². The molecule has 18 heavy (non-hydrogen) atoms. The summed E-state index contributed by atoms with van der Waals surface area (Å²) in [5.74, 6) is -0.301. The van der Waals surface area contributed by atoms with Gasteiger partial charge < -0.3 is 10.0 Å². The van der Waals surface area contributed by atoms with Crippen molar-refractivity contribution in [3.05, 3.63) is 66.2 Å². The van der Waals surface area contributed by atoms with Gasteiger partial charge in [0.25, 0.3) is 5.91 Å². The van der Waals surface area contributed by atoms with E-state index in [0.717, 1.165) is 11.3 Å². The first-order valence-electron chi connectivity index (χ1n) is 5.81. The van der Waals surface area contributed by atoms with Crippen LogP contribution >= 0.6 is 0 Å². The van der Waals surface area contributed by atoms with Crippen molar-refractivity contribution in [1.29, 1.82) is 0 Å². The Labute approximate surface area is 106 Å². The SMILES string of the molecule is O=C(CO)N(Cc1ccccc1)c1ccccc1. The summed E-state index contributed by atoms with van der Waals surface area (Å²) in [6.07, 6.45) is 0. The fourth-order valence-electron chi connectivity index (χ4n) is 1.78. The molecule has 0 saturated carbocycles. The predicted octanol–water partition coefficient (Wildman–Crippen LogP) is 2.21. The summed E-state index contributed by atoms with van der Waals surface area (Å²) in [4.78, 5) is 13.4. The third-order valence-electron chi connectivity index (χ3n) is 2.69. The van der Waals surface area contributed by atoms with Gasteiger partial charge in [-0.15, -0.1) is 0 Å². The standard InChI is InChI=1S/C15H15NO2/c17-12-15(18)16(14-9-5-2-6-10-14)11-13-7-3-1-4-8-13/h1-10,17H,11-12H2. The number of hydrogen-bond acceptors (Lipinski definition) is 2. The molecule has 2 aromatic carbocycles. The molecule has 1 amide bonds. The molecule has 0 fully saturated rings. The number of anilines is 1. The maximum atomic E-state index is 11.8. The number of para-hydroxylation sites is 1. The zero-order valence-electron chi connectivity index (χ0n) is 9.99. The quantitative estimate of drug-likeness (QED) is 0.891. The summed E-state index contributed by atoms with van der Waals surface area (Å²) in [5.41, 5.74) is 1.82. The van der Waals surface area contributed by atoms with Crippen LogP contribution < -0.4 is 4.90 Å². The summed E-state index contributed by atoms with van der Waals surface area (Å²) in [5, 5.41) is 9.05. The van der Waals surface area contributed by atoms with Gasteiger partial charge in [-0.2, -0.15) is 0 Å². The molecule has 2 aromatic rings. The third kappa shape index (κ3) is 2.96. The zero-order chi connectivity index (χ0) is 12.8. The molecule has 0 spiro atoms. The second-order valence-electron chi connectivity index (χ2n) is 3.96. The molecular formula is C15H15NO2. The van der Waals surface area contributed by atoms with Crippen molar-refractivity contribution in [3.8, 4) is 0 Å². The number of rotatable bonds is 4. The van der Waals surface area contributed by atoms with Crippen LogP contribution in [0.3, 0.4) is 0 Å². The minimum atomic E-state index is -0.484. The minimum absolute atomic E-state index is 0.301. The topological polar surface area (TPSA) is 40.5 Å². The van der Waals surface area contributed by atoms with Crippen LogP contribution in [0.5, 0.6) is 0 Å². The Morgan fingerprint density at radius 3 is 2.06 bits per heavy atom. The van der Waals surface area contributed by atoms with Crippen molar-refractivity contribution in [2.45, 2.75) is 6.54 Å². The second-order valence-corrected chi connectivity index (χ2v) is 3.96. The van der Waals surface area contributed by atoms with Crippen LogP contribution in [0.25, 0.3) is 0 Å². The van der Waals surface area contributed by atoms with Gasteiger partial charge in [0.2, 0.25) is 0 Å². The second kappa shape index (κ2) is 5.98. The fraction of sp³-hybridized carbons (Fsp3) is 0.133. The number of nitrogens with zero attached hydrogens (tertiary/aromatic N) is 1. The number of carbonyl (C=O) groups excluding carboxylic acids is 1. The average molecular weight is 241 g/mol. The molecule has 0 unspecified atom stereocenters. The maximum absolute atomic E-state index is 11.8. The van der Waals surface area contributed by atoms with Crippen LogP contribution in [0, 0.1) is 0 Å². The van der Waals surface area contributed by atoms with Gasteiger partial charge in [0.05, 0.1) is 6.54 Å². The highest BCUT2D eigenvalue weighted by Gasteiger charge is 2.14. The molecule has 92 valence electrons. The number of aliphatic hydroxyl groups is 1. The maximum Gasteiger partial charge on any atom is 0.252 e. The summed E-state index contributed by atoms with van der Waals surface area (Å²) in [6, 6.07) is 19.1. The Morgan fingerprint density at radius 1 is 0.944 bits per heavy atom. The van der Waals surface area contributed by atoms with Gasteiger partial charge in [-0.25, -0.2) is 0 Å². The van der Waals surface area contributed by atoms with Gasteiger partial charge in [0, 0.05) is 5.69 Å². The highest BCUT2D eigenvalue weighted by atomic mass is 16.3. The smallest absolute Gasteiger partial charge is 0.252 e. The van der Waals surface area contributed by atoms with Crippen molar-refractivity contribution in [2.24, 2.45) is 0 Å². The number of carbonyl (C=O) groups is 1. The summed E-state index contributed by atoms with van der Waals surface area (Å²) in [6.45, 7) is -0.0219. The van der Waals surface area contributed by atoms with E-state index in [0.29, 0.717) is 6.54 Å². The molecule has 1 N–H and O–H groups in total. The molecular weight excluding hydrogens is 226 g/mol. The predicted molar refractivity (Wildman–Crippen MR) is 71.2 cm³/mol. The number of hydrogen-bond donors (Lipinski definition) is 1. The first kappa shape index (κ1) is 12.3. The largest absolute Gasteiger partial charge is 0.387 e. The summed E-state index contributed by atoms with van der Waals surface area (Å²) >= 11 is 0. The molecule has 0 aromatic heterocycles. The number of benzene rings is 2. The molecule has 0 saturated heterocycles.